The van der Waals surface area contributed by atoms with Gasteiger partial charge in [-0.25, -0.2) is 5.48 Å². The summed E-state index contributed by atoms with van der Waals surface area (Å²) in [6, 6.07) is 7.79. The predicted octanol–water partition coefficient (Wildman–Crippen LogP) is 2.25. The molecule has 0 saturated carbocycles. The third kappa shape index (κ3) is 5.76. The number of aliphatic imine (C=N–C) groups is 1. The zero-order chi connectivity index (χ0) is 26.4. The van der Waals surface area contributed by atoms with E-state index in [1.165, 1.54) is 0 Å². The molecular formula is C27H33N7O3. The van der Waals surface area contributed by atoms with Gasteiger partial charge in [-0.15, -0.1) is 4.99 Å². The first-order valence-corrected chi connectivity index (χ1v) is 12.9. The third-order valence-electron chi connectivity index (χ3n) is 7.67. The molecule has 3 aliphatic rings. The smallest absolute Gasteiger partial charge is 0.249 e. The van der Waals surface area contributed by atoms with E-state index in [-0.39, 0.29) is 12.5 Å². The molecule has 2 saturated heterocycles. The standard InChI is InChI=1S/C27H33N7O3/c1-19-15-20(16-28)5-6-22(19)21-7-12-32(13-8-21)26(36)23-9-14-34(17-24(23)25(35)31-37)27(30-18-29)33-10-3-2-4-11-33/h5-7,15,23-24,37H,2-4,8-14,17H2,1H3,(H,31,35)/b30-27+/t23-,24-/m0/s1. The van der Waals surface area contributed by atoms with E-state index in [9.17, 15) is 20.1 Å². The summed E-state index contributed by atoms with van der Waals surface area (Å²) in [6.07, 6.45) is 8.22. The normalized spacial score (nSPS) is 22.5. The minimum Gasteiger partial charge on any atom is -0.342 e. The second-order valence-electron chi connectivity index (χ2n) is 9.89. The number of carbonyl (C=O) groups is 2. The van der Waals surface area contributed by atoms with Crippen LogP contribution in [-0.4, -0.2) is 76.9 Å². The monoisotopic (exact) mass is 503 g/mol. The topological polar surface area (TPSA) is 136 Å². The highest BCUT2D eigenvalue weighted by atomic mass is 16.5. The van der Waals surface area contributed by atoms with Crippen LogP contribution in [0.5, 0.6) is 0 Å². The molecule has 3 heterocycles. The van der Waals surface area contributed by atoms with E-state index in [0.717, 1.165) is 49.1 Å². The Hall–Kier alpha value is -3.89. The van der Waals surface area contributed by atoms with Gasteiger partial charge in [-0.3, -0.25) is 14.8 Å². The molecule has 0 radical (unpaired) electrons. The Morgan fingerprint density at radius 3 is 2.46 bits per heavy atom. The SMILES string of the molecule is Cc1cc(C#N)ccc1C1=CCN(C(=O)[C@H]2CCN(/C(=N/C#N)N3CCCCC3)C[C@@H]2C(=O)NO)CC1. The predicted molar refractivity (Wildman–Crippen MR) is 137 cm³/mol. The summed E-state index contributed by atoms with van der Waals surface area (Å²) < 4.78 is 0. The van der Waals surface area contributed by atoms with Crippen LogP contribution in [0.4, 0.5) is 0 Å². The van der Waals surface area contributed by atoms with Crippen LogP contribution in [-0.2, 0) is 9.59 Å². The first-order valence-electron chi connectivity index (χ1n) is 12.9. The number of hydrogen-bond donors (Lipinski definition) is 2. The molecule has 10 heteroatoms. The number of likely N-dealkylation sites (tertiary alicyclic amines) is 2. The quantitative estimate of drug-likeness (QED) is 0.212. The fourth-order valence-electron chi connectivity index (χ4n) is 5.70. The zero-order valence-corrected chi connectivity index (χ0v) is 21.2. The van der Waals surface area contributed by atoms with E-state index in [1.807, 2.05) is 36.2 Å². The molecule has 0 bridgehead atoms. The van der Waals surface area contributed by atoms with Gasteiger partial charge in [0.25, 0.3) is 0 Å². The summed E-state index contributed by atoms with van der Waals surface area (Å²) in [7, 11) is 0. The lowest BCUT2D eigenvalue weighted by Crippen LogP contribution is -2.57. The molecule has 194 valence electrons. The van der Waals surface area contributed by atoms with Crippen LogP contribution in [0.2, 0.25) is 0 Å². The van der Waals surface area contributed by atoms with Crippen molar-refractivity contribution >= 4 is 23.3 Å². The van der Waals surface area contributed by atoms with Gasteiger partial charge in [-0.2, -0.15) is 10.5 Å². The fraction of sp³-hybridized carbons (Fsp3) is 0.519. The number of rotatable bonds is 3. The molecule has 0 aromatic heterocycles. The van der Waals surface area contributed by atoms with Gasteiger partial charge < -0.3 is 14.7 Å². The number of benzene rings is 1. The van der Waals surface area contributed by atoms with Crippen LogP contribution in [0.15, 0.2) is 29.3 Å². The van der Waals surface area contributed by atoms with Crippen molar-refractivity contribution in [1.29, 1.82) is 10.5 Å². The van der Waals surface area contributed by atoms with Crippen LogP contribution in [0.3, 0.4) is 0 Å². The first-order chi connectivity index (χ1) is 18.0. The van der Waals surface area contributed by atoms with Crippen molar-refractivity contribution in [3.63, 3.8) is 0 Å². The van der Waals surface area contributed by atoms with Gasteiger partial charge in [0.05, 0.1) is 23.5 Å². The molecule has 4 rings (SSSR count). The number of hydrogen-bond acceptors (Lipinski definition) is 6. The number of aryl methyl sites for hydroxylation is 1. The first kappa shape index (κ1) is 26.2. The van der Waals surface area contributed by atoms with E-state index in [4.69, 9.17) is 5.26 Å². The Kier molecular flexibility index (Phi) is 8.42. The molecule has 0 unspecified atom stereocenters. The molecule has 2 fully saturated rings. The highest BCUT2D eigenvalue weighted by Gasteiger charge is 2.42. The van der Waals surface area contributed by atoms with Gasteiger partial charge in [0.1, 0.15) is 0 Å². The lowest BCUT2D eigenvalue weighted by Gasteiger charge is -2.43. The fourth-order valence-corrected chi connectivity index (χ4v) is 5.70. The van der Waals surface area contributed by atoms with Gasteiger partial charge in [-0.05, 0) is 67.9 Å². The van der Waals surface area contributed by atoms with Crippen LogP contribution in [0, 0.1) is 41.5 Å². The zero-order valence-electron chi connectivity index (χ0n) is 21.2. The molecule has 2 amide bonds. The highest BCUT2D eigenvalue weighted by molar-refractivity contribution is 5.89. The molecule has 3 aliphatic heterocycles. The Labute approximate surface area is 217 Å². The maximum atomic E-state index is 13.6. The second kappa shape index (κ2) is 11.9. The molecule has 2 atom stereocenters. The summed E-state index contributed by atoms with van der Waals surface area (Å²) in [5.41, 5.74) is 5.62. The number of nitriles is 2. The van der Waals surface area contributed by atoms with Gasteiger partial charge in [0, 0.05) is 39.3 Å². The Bertz CT molecular complexity index is 1170. The highest BCUT2D eigenvalue weighted by Crippen LogP contribution is 2.31. The van der Waals surface area contributed by atoms with Crippen molar-refractivity contribution in [2.24, 2.45) is 16.8 Å². The molecule has 0 spiro atoms. The van der Waals surface area contributed by atoms with Crippen molar-refractivity contribution in [3.8, 4) is 12.3 Å². The largest absolute Gasteiger partial charge is 0.342 e. The Morgan fingerprint density at radius 1 is 1.05 bits per heavy atom. The number of piperidine rings is 2. The van der Waals surface area contributed by atoms with Gasteiger partial charge >= 0.3 is 0 Å². The third-order valence-corrected chi connectivity index (χ3v) is 7.67. The van der Waals surface area contributed by atoms with Gasteiger partial charge in [0.15, 0.2) is 0 Å². The van der Waals surface area contributed by atoms with E-state index < -0.39 is 17.7 Å². The van der Waals surface area contributed by atoms with Crippen molar-refractivity contribution < 1.29 is 14.8 Å². The molecule has 37 heavy (non-hydrogen) atoms. The molecule has 1 aromatic carbocycles. The Morgan fingerprint density at radius 2 is 1.84 bits per heavy atom. The average Bonchev–Trinajstić information content (AvgIpc) is 2.95. The number of nitrogens with one attached hydrogen (secondary N) is 1. The summed E-state index contributed by atoms with van der Waals surface area (Å²) in [5.74, 6) is -1.48. The molecule has 2 N–H and O–H groups in total. The lowest BCUT2D eigenvalue weighted by molar-refractivity contribution is -0.147. The second-order valence-corrected chi connectivity index (χ2v) is 9.89. The molecule has 1 aromatic rings. The minimum atomic E-state index is -0.758. The number of nitrogens with zero attached hydrogens (tertiary/aromatic N) is 6. The lowest BCUT2D eigenvalue weighted by atomic mass is 9.83. The summed E-state index contributed by atoms with van der Waals surface area (Å²) in [4.78, 5) is 36.1. The van der Waals surface area contributed by atoms with E-state index in [0.29, 0.717) is 44.0 Å². The maximum absolute atomic E-state index is 13.6. The van der Waals surface area contributed by atoms with Crippen LogP contribution in [0.25, 0.3) is 5.57 Å². The van der Waals surface area contributed by atoms with Crippen LogP contribution in [0.1, 0.15) is 48.8 Å². The van der Waals surface area contributed by atoms with Crippen LogP contribution < -0.4 is 5.48 Å². The van der Waals surface area contributed by atoms with Gasteiger partial charge in [-0.1, -0.05) is 12.1 Å². The maximum Gasteiger partial charge on any atom is 0.249 e. The molecule has 0 aliphatic carbocycles. The minimum absolute atomic E-state index is 0.100. The van der Waals surface area contributed by atoms with E-state index in [2.05, 4.69) is 16.0 Å². The summed E-state index contributed by atoms with van der Waals surface area (Å²) in [5, 5.41) is 27.8. The van der Waals surface area contributed by atoms with Crippen molar-refractivity contribution in [1.82, 2.24) is 20.2 Å². The number of amides is 2. The molecule has 10 nitrogen and oxygen atoms in total. The molecular weight excluding hydrogens is 470 g/mol. The average molecular weight is 504 g/mol. The Balaban J connectivity index is 1.47. The van der Waals surface area contributed by atoms with Crippen LogP contribution >= 0.6 is 0 Å². The number of hydroxylamine groups is 1. The number of guanidine groups is 1. The van der Waals surface area contributed by atoms with Crippen molar-refractivity contribution in [3.05, 3.63) is 41.0 Å². The van der Waals surface area contributed by atoms with Gasteiger partial charge in [0.2, 0.25) is 24.0 Å². The summed E-state index contributed by atoms with van der Waals surface area (Å²) >= 11 is 0. The van der Waals surface area contributed by atoms with Crippen molar-refractivity contribution in [2.45, 2.75) is 39.0 Å². The van der Waals surface area contributed by atoms with E-state index in [1.54, 1.807) is 16.4 Å². The van der Waals surface area contributed by atoms with Crippen molar-refractivity contribution in [2.75, 3.05) is 39.3 Å². The summed E-state index contributed by atoms with van der Waals surface area (Å²) in [6.45, 7) is 5.27. The van der Waals surface area contributed by atoms with E-state index >= 15 is 0 Å². The number of carbonyl (C=O) groups excluding carboxylic acids is 2.